The second-order valence-electron chi connectivity index (χ2n) is 7.39. The van der Waals surface area contributed by atoms with Crippen molar-refractivity contribution in [3.05, 3.63) is 63.9 Å². The Morgan fingerprint density at radius 2 is 1.89 bits per heavy atom. The van der Waals surface area contributed by atoms with Crippen LogP contribution in [0.15, 0.2) is 42.2 Å². The number of carbonyl (C=O) groups excluding carboxylic acids is 1. The maximum atomic E-state index is 12.8. The van der Waals surface area contributed by atoms with Gasteiger partial charge in [0.05, 0.1) is 11.1 Å². The molecule has 1 N–H and O–H groups in total. The standard InChI is InChI=1S/C22H22ClNO3/c1-14-8-10-24(11-9-14)13-18-19(25)7-6-17-21(26)20(27-22(17)18)12-15-2-4-16(23)5-3-15/h2-7,12,14,25H,8-11,13H2,1H3/b20-12-. The SMILES string of the molecule is CC1CCN(Cc2c(O)ccc3c2O/C(=C\c2ccc(Cl)cc2)C3=O)CC1. The van der Waals surface area contributed by atoms with Crippen LogP contribution in [0, 0.1) is 5.92 Å². The molecule has 27 heavy (non-hydrogen) atoms. The highest BCUT2D eigenvalue weighted by Gasteiger charge is 2.32. The van der Waals surface area contributed by atoms with E-state index in [1.807, 2.05) is 12.1 Å². The topological polar surface area (TPSA) is 49.8 Å². The predicted octanol–water partition coefficient (Wildman–Crippen LogP) is 4.89. The third kappa shape index (κ3) is 3.73. The number of ether oxygens (including phenoxy) is 1. The Balaban J connectivity index is 1.61. The molecule has 0 bridgehead atoms. The van der Waals surface area contributed by atoms with Gasteiger partial charge in [-0.1, -0.05) is 30.7 Å². The zero-order valence-electron chi connectivity index (χ0n) is 15.2. The van der Waals surface area contributed by atoms with Gasteiger partial charge in [-0.15, -0.1) is 0 Å². The molecule has 0 atom stereocenters. The number of Topliss-reactive ketones (excluding diaryl/α,β-unsaturated/α-hetero) is 1. The van der Waals surface area contributed by atoms with Crippen LogP contribution in [0.3, 0.4) is 0 Å². The van der Waals surface area contributed by atoms with Crippen LogP contribution in [-0.4, -0.2) is 28.9 Å². The van der Waals surface area contributed by atoms with E-state index < -0.39 is 0 Å². The lowest BCUT2D eigenvalue weighted by Crippen LogP contribution is -2.32. The normalized spacial score (nSPS) is 19.3. The van der Waals surface area contributed by atoms with E-state index in [1.54, 1.807) is 30.3 Å². The van der Waals surface area contributed by atoms with E-state index in [1.165, 1.54) is 0 Å². The van der Waals surface area contributed by atoms with Crippen LogP contribution < -0.4 is 4.74 Å². The van der Waals surface area contributed by atoms with Gasteiger partial charge in [0, 0.05) is 11.6 Å². The summed E-state index contributed by atoms with van der Waals surface area (Å²) < 4.78 is 5.92. The zero-order chi connectivity index (χ0) is 19.0. The highest BCUT2D eigenvalue weighted by atomic mass is 35.5. The Kier molecular flexibility index (Phi) is 4.94. The number of phenols is 1. The molecular weight excluding hydrogens is 362 g/mol. The van der Waals surface area contributed by atoms with Crippen molar-refractivity contribution in [2.24, 2.45) is 5.92 Å². The van der Waals surface area contributed by atoms with Crippen molar-refractivity contribution in [1.29, 1.82) is 0 Å². The number of rotatable bonds is 3. The molecule has 0 amide bonds. The summed E-state index contributed by atoms with van der Waals surface area (Å²) in [5.41, 5.74) is 2.04. The molecule has 4 nitrogen and oxygen atoms in total. The highest BCUT2D eigenvalue weighted by molar-refractivity contribution is 6.30. The molecule has 0 saturated carbocycles. The summed E-state index contributed by atoms with van der Waals surface area (Å²) in [6.07, 6.45) is 4.01. The smallest absolute Gasteiger partial charge is 0.231 e. The van der Waals surface area contributed by atoms with E-state index in [9.17, 15) is 9.90 Å². The number of hydrogen-bond donors (Lipinski definition) is 1. The number of fused-ring (bicyclic) bond motifs is 1. The lowest BCUT2D eigenvalue weighted by atomic mass is 9.98. The fourth-order valence-electron chi connectivity index (χ4n) is 3.60. The molecule has 2 aromatic rings. The Morgan fingerprint density at radius 1 is 1.19 bits per heavy atom. The number of nitrogens with zero attached hydrogens (tertiary/aromatic N) is 1. The summed E-state index contributed by atoms with van der Waals surface area (Å²) >= 11 is 5.92. The van der Waals surface area contributed by atoms with Crippen molar-refractivity contribution < 1.29 is 14.6 Å². The maximum absolute atomic E-state index is 12.8. The van der Waals surface area contributed by atoms with Crippen LogP contribution in [0.25, 0.3) is 6.08 Å². The summed E-state index contributed by atoms with van der Waals surface area (Å²) in [5, 5.41) is 11.0. The van der Waals surface area contributed by atoms with Gasteiger partial charge in [0.25, 0.3) is 0 Å². The average Bonchev–Trinajstić information content (AvgIpc) is 2.97. The first-order chi connectivity index (χ1) is 13.0. The largest absolute Gasteiger partial charge is 0.507 e. The number of likely N-dealkylation sites (tertiary alicyclic amines) is 1. The second-order valence-corrected chi connectivity index (χ2v) is 7.83. The minimum Gasteiger partial charge on any atom is -0.507 e. The van der Waals surface area contributed by atoms with Crippen molar-refractivity contribution in [2.45, 2.75) is 26.3 Å². The lowest BCUT2D eigenvalue weighted by molar-refractivity contribution is 0.101. The Hall–Kier alpha value is -2.30. The van der Waals surface area contributed by atoms with Gasteiger partial charge in [-0.25, -0.2) is 0 Å². The molecule has 0 radical (unpaired) electrons. The molecule has 2 aliphatic rings. The third-order valence-electron chi connectivity index (χ3n) is 5.34. The number of aromatic hydroxyl groups is 1. The van der Waals surface area contributed by atoms with Crippen LogP contribution in [0.5, 0.6) is 11.5 Å². The number of ketones is 1. The minimum atomic E-state index is -0.159. The minimum absolute atomic E-state index is 0.159. The third-order valence-corrected chi connectivity index (χ3v) is 5.59. The van der Waals surface area contributed by atoms with Crippen LogP contribution >= 0.6 is 11.6 Å². The molecule has 1 fully saturated rings. The molecule has 0 spiro atoms. The lowest BCUT2D eigenvalue weighted by Gasteiger charge is -2.30. The summed E-state index contributed by atoms with van der Waals surface area (Å²) in [6.45, 7) is 4.84. The van der Waals surface area contributed by atoms with Crippen molar-refractivity contribution in [3.63, 3.8) is 0 Å². The van der Waals surface area contributed by atoms with Crippen molar-refractivity contribution in [2.75, 3.05) is 13.1 Å². The highest BCUT2D eigenvalue weighted by Crippen LogP contribution is 2.40. The number of piperidine rings is 1. The number of allylic oxidation sites excluding steroid dienone is 1. The van der Waals surface area contributed by atoms with E-state index >= 15 is 0 Å². The van der Waals surface area contributed by atoms with Gasteiger partial charge in [-0.05, 0) is 67.8 Å². The Morgan fingerprint density at radius 3 is 2.59 bits per heavy atom. The van der Waals surface area contributed by atoms with Crippen LogP contribution in [-0.2, 0) is 6.54 Å². The van der Waals surface area contributed by atoms with E-state index in [4.69, 9.17) is 16.3 Å². The average molecular weight is 384 g/mol. The van der Waals surface area contributed by atoms with Crippen molar-refractivity contribution in [1.82, 2.24) is 4.90 Å². The fraction of sp³-hybridized carbons (Fsp3) is 0.318. The number of carbonyl (C=O) groups is 1. The molecule has 1 saturated heterocycles. The van der Waals surface area contributed by atoms with E-state index in [2.05, 4.69) is 11.8 Å². The quantitative estimate of drug-likeness (QED) is 0.766. The number of benzene rings is 2. The van der Waals surface area contributed by atoms with Gasteiger partial charge >= 0.3 is 0 Å². The van der Waals surface area contributed by atoms with Crippen LogP contribution in [0.2, 0.25) is 5.02 Å². The van der Waals surface area contributed by atoms with Gasteiger partial charge in [0.2, 0.25) is 5.78 Å². The number of hydrogen-bond acceptors (Lipinski definition) is 4. The van der Waals surface area contributed by atoms with Crippen LogP contribution in [0.4, 0.5) is 0 Å². The molecule has 0 aromatic heterocycles. The molecule has 5 heteroatoms. The van der Waals surface area contributed by atoms with Crippen LogP contribution in [0.1, 0.15) is 41.3 Å². The van der Waals surface area contributed by atoms with E-state index in [0.717, 1.165) is 37.4 Å². The molecule has 2 heterocycles. The second kappa shape index (κ2) is 7.37. The molecular formula is C22H22ClNO3. The first kappa shape index (κ1) is 18.1. The summed E-state index contributed by atoms with van der Waals surface area (Å²) in [4.78, 5) is 15.1. The first-order valence-electron chi connectivity index (χ1n) is 9.28. The zero-order valence-corrected chi connectivity index (χ0v) is 16.0. The van der Waals surface area contributed by atoms with Gasteiger partial charge in [0.1, 0.15) is 11.5 Å². The van der Waals surface area contributed by atoms with Gasteiger partial charge < -0.3 is 9.84 Å². The first-order valence-corrected chi connectivity index (χ1v) is 9.66. The molecule has 0 aliphatic carbocycles. The maximum Gasteiger partial charge on any atom is 0.231 e. The summed E-state index contributed by atoms with van der Waals surface area (Å²) in [5.74, 6) is 1.51. The molecule has 2 aliphatic heterocycles. The Labute approximate surface area is 164 Å². The van der Waals surface area contributed by atoms with Gasteiger partial charge in [-0.3, -0.25) is 9.69 Å². The van der Waals surface area contributed by atoms with E-state index in [-0.39, 0.29) is 17.3 Å². The van der Waals surface area contributed by atoms with Gasteiger partial charge in [0.15, 0.2) is 5.76 Å². The predicted molar refractivity (Wildman–Crippen MR) is 106 cm³/mol. The van der Waals surface area contributed by atoms with E-state index in [0.29, 0.717) is 28.4 Å². The molecule has 140 valence electrons. The number of phenolic OH excluding ortho intramolecular Hbond substituents is 1. The molecule has 2 aromatic carbocycles. The van der Waals surface area contributed by atoms with Crippen molar-refractivity contribution >= 4 is 23.5 Å². The number of halogens is 1. The fourth-order valence-corrected chi connectivity index (χ4v) is 3.73. The summed E-state index contributed by atoms with van der Waals surface area (Å²) in [7, 11) is 0. The summed E-state index contributed by atoms with van der Waals surface area (Å²) in [6, 6.07) is 10.4. The molecule has 0 unspecified atom stereocenters. The van der Waals surface area contributed by atoms with Gasteiger partial charge in [-0.2, -0.15) is 0 Å². The van der Waals surface area contributed by atoms with Crippen molar-refractivity contribution in [3.8, 4) is 11.5 Å². The molecule has 4 rings (SSSR count). The monoisotopic (exact) mass is 383 g/mol. The Bertz CT molecular complexity index is 897.